The summed E-state index contributed by atoms with van der Waals surface area (Å²) in [5.41, 5.74) is -0.453. The van der Waals surface area contributed by atoms with E-state index in [0.717, 1.165) is 18.7 Å². The lowest BCUT2D eigenvalue weighted by Gasteiger charge is -2.28. The van der Waals surface area contributed by atoms with Crippen LogP contribution < -0.4 is 5.32 Å². The molecule has 1 N–H and O–H groups in total. The fourth-order valence-electron chi connectivity index (χ4n) is 2.77. The smallest absolute Gasteiger partial charge is 0.231 e. The van der Waals surface area contributed by atoms with Crippen molar-refractivity contribution < 1.29 is 9.26 Å². The van der Waals surface area contributed by atoms with Gasteiger partial charge in [0.05, 0.1) is 5.92 Å². The van der Waals surface area contributed by atoms with Gasteiger partial charge < -0.3 is 14.6 Å². The van der Waals surface area contributed by atoms with Crippen molar-refractivity contribution >= 4 is 0 Å². The van der Waals surface area contributed by atoms with E-state index in [-0.39, 0.29) is 0 Å². The lowest BCUT2D eigenvalue weighted by atomic mass is 9.84. The third-order valence-corrected chi connectivity index (χ3v) is 4.49. The molecule has 3 atom stereocenters. The molecule has 1 aromatic heterocycles. The lowest BCUT2D eigenvalue weighted by Crippen LogP contribution is -2.35. The molecule has 19 heavy (non-hydrogen) atoms. The first-order valence-corrected chi connectivity index (χ1v) is 7.21. The molecule has 0 spiro atoms. The second kappa shape index (κ2) is 6.01. The minimum atomic E-state index is -0.453. The molecule has 1 saturated carbocycles. The van der Waals surface area contributed by atoms with Gasteiger partial charge in [0.2, 0.25) is 11.7 Å². The zero-order valence-corrected chi connectivity index (χ0v) is 12.4. The predicted octanol–water partition coefficient (Wildman–Crippen LogP) is 2.59. The van der Waals surface area contributed by atoms with Gasteiger partial charge in [0.1, 0.15) is 5.60 Å². The summed E-state index contributed by atoms with van der Waals surface area (Å²) in [6, 6.07) is 0.442. The van der Waals surface area contributed by atoms with Crippen LogP contribution in [0.5, 0.6) is 0 Å². The van der Waals surface area contributed by atoms with Gasteiger partial charge in [0.25, 0.3) is 0 Å². The Labute approximate surface area is 115 Å². The summed E-state index contributed by atoms with van der Waals surface area (Å²) in [5, 5.41) is 7.50. The maximum Gasteiger partial charge on any atom is 0.231 e. The van der Waals surface area contributed by atoms with Gasteiger partial charge >= 0.3 is 0 Å². The fourth-order valence-corrected chi connectivity index (χ4v) is 2.77. The molecule has 108 valence electrons. The van der Waals surface area contributed by atoms with Gasteiger partial charge in [0, 0.05) is 13.2 Å². The first kappa shape index (κ1) is 14.5. The van der Waals surface area contributed by atoms with E-state index in [0.29, 0.717) is 17.8 Å². The highest BCUT2D eigenvalue weighted by Gasteiger charge is 2.34. The van der Waals surface area contributed by atoms with Crippen molar-refractivity contribution in [3.63, 3.8) is 0 Å². The Morgan fingerprint density at radius 2 is 2.16 bits per heavy atom. The normalized spacial score (nSPS) is 27.2. The van der Waals surface area contributed by atoms with Crippen molar-refractivity contribution in [2.24, 2.45) is 0 Å². The van der Waals surface area contributed by atoms with E-state index < -0.39 is 5.60 Å². The fraction of sp³-hybridized carbons (Fsp3) is 0.857. The highest BCUT2D eigenvalue weighted by atomic mass is 16.5. The SMILES string of the molecule is CCC(C)(OC)c1noc(C2CCCCC2NC)n1. The van der Waals surface area contributed by atoms with E-state index >= 15 is 0 Å². The van der Waals surface area contributed by atoms with E-state index in [9.17, 15) is 0 Å². The topological polar surface area (TPSA) is 60.2 Å². The van der Waals surface area contributed by atoms with Crippen LogP contribution in [0.3, 0.4) is 0 Å². The van der Waals surface area contributed by atoms with Gasteiger partial charge in [0.15, 0.2) is 0 Å². The quantitative estimate of drug-likeness (QED) is 0.888. The molecule has 0 aromatic carbocycles. The van der Waals surface area contributed by atoms with Gasteiger partial charge in [-0.15, -0.1) is 0 Å². The predicted molar refractivity (Wildman–Crippen MR) is 73.0 cm³/mol. The summed E-state index contributed by atoms with van der Waals surface area (Å²) in [4.78, 5) is 4.60. The monoisotopic (exact) mass is 267 g/mol. The minimum absolute atomic E-state index is 0.331. The van der Waals surface area contributed by atoms with E-state index in [1.54, 1.807) is 7.11 Å². The van der Waals surface area contributed by atoms with Crippen molar-refractivity contribution in [2.45, 2.75) is 63.5 Å². The summed E-state index contributed by atoms with van der Waals surface area (Å²) in [6.45, 7) is 4.06. The van der Waals surface area contributed by atoms with Crippen molar-refractivity contribution in [2.75, 3.05) is 14.2 Å². The molecule has 1 aromatic rings. The van der Waals surface area contributed by atoms with Crippen molar-refractivity contribution in [3.05, 3.63) is 11.7 Å². The Morgan fingerprint density at radius 3 is 2.79 bits per heavy atom. The number of nitrogens with one attached hydrogen (secondary N) is 1. The molecule has 3 unspecified atom stereocenters. The standard InChI is InChI=1S/C14H25N3O2/c1-5-14(2,18-4)13-16-12(19-17-13)10-8-6-7-9-11(10)15-3/h10-11,15H,5-9H2,1-4H3. The Morgan fingerprint density at radius 1 is 1.42 bits per heavy atom. The van der Waals surface area contributed by atoms with Crippen LogP contribution in [0.2, 0.25) is 0 Å². The van der Waals surface area contributed by atoms with E-state index in [4.69, 9.17) is 9.26 Å². The molecule has 0 radical (unpaired) electrons. The Kier molecular flexibility index (Phi) is 4.58. The molecule has 0 bridgehead atoms. The zero-order chi connectivity index (χ0) is 13.9. The van der Waals surface area contributed by atoms with Crippen LogP contribution in [-0.2, 0) is 10.3 Å². The summed E-state index contributed by atoms with van der Waals surface area (Å²) in [5.74, 6) is 1.75. The van der Waals surface area contributed by atoms with Gasteiger partial charge in [-0.2, -0.15) is 4.98 Å². The van der Waals surface area contributed by atoms with Crippen LogP contribution in [0.1, 0.15) is 63.6 Å². The van der Waals surface area contributed by atoms with Crippen LogP contribution in [0.4, 0.5) is 0 Å². The second-order valence-electron chi connectivity index (χ2n) is 5.53. The maximum absolute atomic E-state index is 5.53. The summed E-state index contributed by atoms with van der Waals surface area (Å²) in [7, 11) is 3.70. The number of likely N-dealkylation sites (N-methyl/N-ethyl adjacent to an activating group) is 1. The molecule has 5 nitrogen and oxygen atoms in total. The lowest BCUT2D eigenvalue weighted by molar-refractivity contribution is -0.0106. The first-order valence-electron chi connectivity index (χ1n) is 7.21. The summed E-state index contributed by atoms with van der Waals surface area (Å²) >= 11 is 0. The first-order chi connectivity index (χ1) is 9.14. The third kappa shape index (κ3) is 2.82. The largest absolute Gasteiger partial charge is 0.370 e. The number of rotatable bonds is 5. The van der Waals surface area contributed by atoms with E-state index in [1.165, 1.54) is 19.3 Å². The molecule has 1 fully saturated rings. The average Bonchev–Trinajstić information content (AvgIpc) is 2.96. The zero-order valence-electron chi connectivity index (χ0n) is 12.4. The van der Waals surface area contributed by atoms with Crippen molar-refractivity contribution in [1.29, 1.82) is 0 Å². The number of ether oxygens (including phenoxy) is 1. The van der Waals surface area contributed by atoms with Crippen molar-refractivity contribution in [1.82, 2.24) is 15.5 Å². The Balaban J connectivity index is 2.20. The number of hydrogen-bond acceptors (Lipinski definition) is 5. The molecule has 0 amide bonds. The number of hydrogen-bond donors (Lipinski definition) is 1. The highest BCUT2D eigenvalue weighted by molar-refractivity contribution is 5.05. The highest BCUT2D eigenvalue weighted by Crippen LogP contribution is 2.34. The maximum atomic E-state index is 5.53. The summed E-state index contributed by atoms with van der Waals surface area (Å²) < 4.78 is 11.0. The van der Waals surface area contributed by atoms with Gasteiger partial charge in [-0.05, 0) is 33.2 Å². The molecule has 5 heteroatoms. The van der Waals surface area contributed by atoms with Crippen LogP contribution in [-0.4, -0.2) is 30.3 Å². The number of nitrogens with zero attached hydrogens (tertiary/aromatic N) is 2. The van der Waals surface area contributed by atoms with Crippen LogP contribution in [0.15, 0.2) is 4.52 Å². The van der Waals surface area contributed by atoms with Gasteiger partial charge in [-0.25, -0.2) is 0 Å². The third-order valence-electron chi connectivity index (χ3n) is 4.49. The Hall–Kier alpha value is -0.940. The number of methoxy groups -OCH3 is 1. The van der Waals surface area contributed by atoms with Crippen LogP contribution >= 0.6 is 0 Å². The van der Waals surface area contributed by atoms with E-state index in [2.05, 4.69) is 22.4 Å². The van der Waals surface area contributed by atoms with Crippen molar-refractivity contribution in [3.8, 4) is 0 Å². The molecule has 0 aliphatic heterocycles. The van der Waals surface area contributed by atoms with Crippen LogP contribution in [0, 0.1) is 0 Å². The minimum Gasteiger partial charge on any atom is -0.370 e. The molecule has 1 aliphatic rings. The molecular formula is C14H25N3O2. The molecule has 2 rings (SSSR count). The molecular weight excluding hydrogens is 242 g/mol. The second-order valence-corrected chi connectivity index (χ2v) is 5.53. The average molecular weight is 267 g/mol. The Bertz CT molecular complexity index is 401. The van der Waals surface area contributed by atoms with Gasteiger partial charge in [-0.3, -0.25) is 0 Å². The molecule has 0 saturated heterocycles. The van der Waals surface area contributed by atoms with Crippen LogP contribution in [0.25, 0.3) is 0 Å². The number of aromatic nitrogens is 2. The molecule has 1 heterocycles. The van der Waals surface area contributed by atoms with E-state index in [1.807, 2.05) is 14.0 Å². The summed E-state index contributed by atoms with van der Waals surface area (Å²) in [6.07, 6.45) is 5.61. The molecule has 1 aliphatic carbocycles. The van der Waals surface area contributed by atoms with Gasteiger partial charge in [-0.1, -0.05) is 24.9 Å².